The Balaban J connectivity index is 1.65. The molecule has 1 atom stereocenters. The second kappa shape index (κ2) is 8.31. The summed E-state index contributed by atoms with van der Waals surface area (Å²) < 4.78 is 15.3. The first-order valence-electron chi connectivity index (χ1n) is 8.21. The van der Waals surface area contributed by atoms with E-state index in [0.717, 1.165) is 14.5 Å². The average Bonchev–Trinajstić information content (AvgIpc) is 2.61. The van der Waals surface area contributed by atoms with Crippen LogP contribution in [0.3, 0.4) is 0 Å². The van der Waals surface area contributed by atoms with Gasteiger partial charge in [-0.1, -0.05) is 44.0 Å². The van der Waals surface area contributed by atoms with E-state index in [1.807, 2.05) is 18.2 Å². The molecule has 3 rings (SSSR count). The number of halogens is 3. The lowest BCUT2D eigenvalue weighted by Gasteiger charge is -2.32. The molecule has 2 aromatic carbocycles. The minimum atomic E-state index is -0.401. The maximum atomic E-state index is 13.5. The van der Waals surface area contributed by atoms with Crippen LogP contribution in [-0.4, -0.2) is 18.4 Å². The van der Waals surface area contributed by atoms with Gasteiger partial charge in [0.15, 0.2) is 0 Å². The first-order chi connectivity index (χ1) is 12.4. The summed E-state index contributed by atoms with van der Waals surface area (Å²) in [4.78, 5) is 26.2. The van der Waals surface area contributed by atoms with Crippen LogP contribution in [0.25, 0.3) is 0 Å². The van der Waals surface area contributed by atoms with E-state index in [-0.39, 0.29) is 30.7 Å². The van der Waals surface area contributed by atoms with Crippen molar-refractivity contribution in [2.45, 2.75) is 19.4 Å². The van der Waals surface area contributed by atoms with Gasteiger partial charge in [-0.15, -0.1) is 0 Å². The van der Waals surface area contributed by atoms with Crippen molar-refractivity contribution in [2.75, 3.05) is 11.4 Å². The van der Waals surface area contributed by atoms with Gasteiger partial charge in [-0.05, 0) is 42.3 Å². The molecule has 0 radical (unpaired) electrons. The van der Waals surface area contributed by atoms with E-state index in [1.54, 1.807) is 12.1 Å². The van der Waals surface area contributed by atoms with E-state index < -0.39 is 5.82 Å². The van der Waals surface area contributed by atoms with Gasteiger partial charge < -0.3 is 10.2 Å². The fourth-order valence-electron chi connectivity index (χ4n) is 2.95. The SMILES string of the molecule is O=C(NCc1ccc(Br)cc1Br)C1CCC(=O)N(c2cccc(F)c2)C1. The lowest BCUT2D eigenvalue weighted by atomic mass is 9.96. The predicted molar refractivity (Wildman–Crippen MR) is 105 cm³/mol. The second-order valence-corrected chi connectivity index (χ2v) is 7.94. The minimum Gasteiger partial charge on any atom is -0.352 e. The van der Waals surface area contributed by atoms with Crippen molar-refractivity contribution < 1.29 is 14.0 Å². The molecule has 7 heteroatoms. The molecule has 1 aliphatic heterocycles. The van der Waals surface area contributed by atoms with E-state index in [0.29, 0.717) is 18.7 Å². The molecule has 1 N–H and O–H groups in total. The monoisotopic (exact) mass is 482 g/mol. The van der Waals surface area contributed by atoms with Gasteiger partial charge in [0.1, 0.15) is 5.82 Å². The average molecular weight is 484 g/mol. The number of nitrogens with zero attached hydrogens (tertiary/aromatic N) is 1. The minimum absolute atomic E-state index is 0.0877. The third-order valence-electron chi connectivity index (χ3n) is 4.37. The first-order valence-corrected chi connectivity index (χ1v) is 9.80. The Morgan fingerprint density at radius 3 is 2.77 bits per heavy atom. The van der Waals surface area contributed by atoms with E-state index in [9.17, 15) is 14.0 Å². The van der Waals surface area contributed by atoms with Crippen LogP contribution in [-0.2, 0) is 16.1 Å². The van der Waals surface area contributed by atoms with E-state index in [1.165, 1.54) is 17.0 Å². The molecule has 136 valence electrons. The summed E-state index contributed by atoms with van der Waals surface area (Å²) in [7, 11) is 0. The van der Waals surface area contributed by atoms with Crippen LogP contribution in [0.5, 0.6) is 0 Å². The van der Waals surface area contributed by atoms with Gasteiger partial charge in [-0.25, -0.2) is 4.39 Å². The third-order valence-corrected chi connectivity index (χ3v) is 5.60. The lowest BCUT2D eigenvalue weighted by molar-refractivity contribution is -0.127. The maximum Gasteiger partial charge on any atom is 0.227 e. The van der Waals surface area contributed by atoms with Crippen LogP contribution in [0.2, 0.25) is 0 Å². The fraction of sp³-hybridized carbons (Fsp3) is 0.263. The number of amides is 2. The molecule has 0 saturated carbocycles. The highest BCUT2D eigenvalue weighted by atomic mass is 79.9. The summed E-state index contributed by atoms with van der Waals surface area (Å²) in [5.74, 6) is -0.906. The van der Waals surface area contributed by atoms with Gasteiger partial charge in [-0.3, -0.25) is 9.59 Å². The summed E-state index contributed by atoms with van der Waals surface area (Å²) in [6, 6.07) is 11.7. The van der Waals surface area contributed by atoms with E-state index in [2.05, 4.69) is 37.2 Å². The molecular formula is C19H17Br2FN2O2. The van der Waals surface area contributed by atoms with Crippen LogP contribution in [0.1, 0.15) is 18.4 Å². The summed E-state index contributed by atoms with van der Waals surface area (Å²) in [6.07, 6.45) is 0.772. The summed E-state index contributed by atoms with van der Waals surface area (Å²) >= 11 is 6.88. The van der Waals surface area contributed by atoms with Crippen molar-refractivity contribution in [3.63, 3.8) is 0 Å². The van der Waals surface area contributed by atoms with E-state index >= 15 is 0 Å². The van der Waals surface area contributed by atoms with Crippen LogP contribution in [0.4, 0.5) is 10.1 Å². The molecular weight excluding hydrogens is 467 g/mol. The number of rotatable bonds is 4. The molecule has 1 fully saturated rings. The molecule has 4 nitrogen and oxygen atoms in total. The molecule has 1 aliphatic rings. The number of hydrogen-bond acceptors (Lipinski definition) is 2. The van der Waals surface area contributed by atoms with Gasteiger partial charge in [0, 0.05) is 34.1 Å². The Kier molecular flexibility index (Phi) is 6.09. The zero-order valence-corrected chi connectivity index (χ0v) is 17.0. The Morgan fingerprint density at radius 1 is 1.23 bits per heavy atom. The highest BCUT2D eigenvalue weighted by Gasteiger charge is 2.31. The quantitative estimate of drug-likeness (QED) is 0.700. The van der Waals surface area contributed by atoms with Crippen molar-refractivity contribution in [3.05, 3.63) is 62.8 Å². The molecule has 1 heterocycles. The van der Waals surface area contributed by atoms with Crippen LogP contribution in [0.15, 0.2) is 51.4 Å². The molecule has 0 aromatic heterocycles. The normalized spacial score (nSPS) is 17.3. The number of anilines is 1. The molecule has 2 aromatic rings. The largest absolute Gasteiger partial charge is 0.352 e. The topological polar surface area (TPSA) is 49.4 Å². The molecule has 1 unspecified atom stereocenters. The molecule has 0 aliphatic carbocycles. The summed E-state index contributed by atoms with van der Waals surface area (Å²) in [5, 5.41) is 2.93. The van der Waals surface area contributed by atoms with E-state index in [4.69, 9.17) is 0 Å². The lowest BCUT2D eigenvalue weighted by Crippen LogP contribution is -2.45. The third kappa shape index (κ3) is 4.51. The molecule has 2 amide bonds. The van der Waals surface area contributed by atoms with Gasteiger partial charge in [0.2, 0.25) is 11.8 Å². The van der Waals surface area contributed by atoms with Gasteiger partial charge in [-0.2, -0.15) is 0 Å². The highest BCUT2D eigenvalue weighted by molar-refractivity contribution is 9.11. The Bertz CT molecular complexity index is 844. The van der Waals surface area contributed by atoms with Crippen molar-refractivity contribution in [1.82, 2.24) is 5.32 Å². The summed E-state index contributed by atoms with van der Waals surface area (Å²) in [6.45, 7) is 0.659. The molecule has 26 heavy (non-hydrogen) atoms. The first kappa shape index (κ1) is 19.0. The van der Waals surface area contributed by atoms with Crippen molar-refractivity contribution in [3.8, 4) is 0 Å². The second-order valence-electron chi connectivity index (χ2n) is 6.17. The Labute approximate surface area is 168 Å². The Hall–Kier alpha value is -1.73. The van der Waals surface area contributed by atoms with Crippen LogP contribution in [0, 0.1) is 11.7 Å². The van der Waals surface area contributed by atoms with Crippen molar-refractivity contribution in [1.29, 1.82) is 0 Å². The standard InChI is InChI=1S/C19H17Br2FN2O2/c20-14-6-4-12(17(21)8-14)10-23-19(26)13-5-7-18(25)24(11-13)16-3-1-2-15(22)9-16/h1-4,6,8-9,13H,5,7,10-11H2,(H,23,26). The number of benzene rings is 2. The zero-order chi connectivity index (χ0) is 18.7. The predicted octanol–water partition coefficient (Wildman–Crippen LogP) is 4.41. The van der Waals surface area contributed by atoms with Gasteiger partial charge >= 0.3 is 0 Å². The van der Waals surface area contributed by atoms with Gasteiger partial charge in [0.25, 0.3) is 0 Å². The molecule has 1 saturated heterocycles. The number of carbonyl (C=O) groups is 2. The number of nitrogens with one attached hydrogen (secondary N) is 1. The molecule has 0 bridgehead atoms. The zero-order valence-electron chi connectivity index (χ0n) is 13.8. The van der Waals surface area contributed by atoms with Gasteiger partial charge in [0.05, 0.1) is 5.92 Å². The highest BCUT2D eigenvalue weighted by Crippen LogP contribution is 2.26. The Morgan fingerprint density at radius 2 is 2.04 bits per heavy atom. The van der Waals surface area contributed by atoms with Crippen molar-refractivity contribution >= 4 is 49.4 Å². The fourth-order valence-corrected chi connectivity index (χ4v) is 4.13. The number of carbonyl (C=O) groups excluding carboxylic acids is 2. The number of hydrogen-bond donors (Lipinski definition) is 1. The van der Waals surface area contributed by atoms with Crippen LogP contribution < -0.4 is 10.2 Å². The smallest absolute Gasteiger partial charge is 0.227 e. The summed E-state index contributed by atoms with van der Waals surface area (Å²) in [5.41, 5.74) is 1.46. The number of piperidine rings is 1. The van der Waals surface area contributed by atoms with Crippen molar-refractivity contribution in [2.24, 2.45) is 5.92 Å². The maximum absolute atomic E-state index is 13.5. The molecule has 0 spiro atoms. The van der Waals surface area contributed by atoms with Crippen LogP contribution >= 0.6 is 31.9 Å².